The molecule has 0 spiro atoms. The predicted octanol–water partition coefficient (Wildman–Crippen LogP) is 2.27. The summed E-state index contributed by atoms with van der Waals surface area (Å²) in [7, 11) is 0. The van der Waals surface area contributed by atoms with Crippen LogP contribution in [0.1, 0.15) is 19.2 Å². The second-order valence-electron chi connectivity index (χ2n) is 2.69. The first kappa shape index (κ1) is 10.8. The van der Waals surface area contributed by atoms with Gasteiger partial charge in [0.2, 0.25) is 5.13 Å². The fourth-order valence-electron chi connectivity index (χ4n) is 0.911. The van der Waals surface area contributed by atoms with Crippen LogP contribution in [0.4, 0.5) is 5.13 Å². The Bertz CT molecular complexity index is 237. The average molecular weight is 217 g/mol. The monoisotopic (exact) mass is 217 g/mol. The number of aryl methyl sites for hydroxylation is 1. The summed E-state index contributed by atoms with van der Waals surface area (Å²) < 4.78 is 4.25. The number of aromatic nitrogens is 2. The minimum absolute atomic E-state index is 0.956. The lowest BCUT2D eigenvalue weighted by molar-refractivity contribution is 0.861. The van der Waals surface area contributed by atoms with E-state index in [0.29, 0.717) is 0 Å². The lowest BCUT2D eigenvalue weighted by atomic mass is 10.3. The van der Waals surface area contributed by atoms with E-state index >= 15 is 0 Å². The van der Waals surface area contributed by atoms with Crippen molar-refractivity contribution in [1.29, 1.82) is 0 Å². The Morgan fingerprint density at radius 3 is 3.08 bits per heavy atom. The molecule has 0 aromatic carbocycles. The van der Waals surface area contributed by atoms with Gasteiger partial charge < -0.3 is 5.32 Å². The first-order valence-electron chi connectivity index (χ1n) is 4.42. The number of anilines is 1. The van der Waals surface area contributed by atoms with Crippen molar-refractivity contribution in [3.63, 3.8) is 0 Å². The maximum atomic E-state index is 4.36. The molecule has 3 nitrogen and oxygen atoms in total. The van der Waals surface area contributed by atoms with Gasteiger partial charge in [-0.1, -0.05) is 6.92 Å². The Hall–Kier alpha value is -0.290. The number of rotatable bonds is 6. The highest BCUT2D eigenvalue weighted by molar-refractivity contribution is 7.98. The van der Waals surface area contributed by atoms with Gasteiger partial charge in [0.05, 0.1) is 0 Å². The molecule has 0 atom stereocenters. The fourth-order valence-corrected chi connectivity index (χ4v) is 1.85. The van der Waals surface area contributed by atoms with Crippen molar-refractivity contribution in [2.45, 2.75) is 19.8 Å². The largest absolute Gasteiger partial charge is 0.359 e. The minimum Gasteiger partial charge on any atom is -0.359 e. The molecule has 0 saturated carbocycles. The lowest BCUT2D eigenvalue weighted by Gasteiger charge is -1.97. The standard InChI is InChI=1S/C8H15N3S2/c1-3-4-7-10-8(13-11-7)9-5-6-12-2/h3-6H2,1-2H3,(H,9,10,11). The van der Waals surface area contributed by atoms with E-state index in [4.69, 9.17) is 0 Å². The highest BCUT2D eigenvalue weighted by atomic mass is 32.2. The molecule has 13 heavy (non-hydrogen) atoms. The summed E-state index contributed by atoms with van der Waals surface area (Å²) in [5, 5.41) is 4.20. The van der Waals surface area contributed by atoms with E-state index in [9.17, 15) is 0 Å². The fraction of sp³-hybridized carbons (Fsp3) is 0.750. The molecule has 0 aliphatic rings. The van der Waals surface area contributed by atoms with E-state index in [0.717, 1.165) is 36.1 Å². The van der Waals surface area contributed by atoms with Gasteiger partial charge >= 0.3 is 0 Å². The summed E-state index contributed by atoms with van der Waals surface area (Å²) in [6, 6.07) is 0. The Morgan fingerprint density at radius 2 is 2.38 bits per heavy atom. The van der Waals surface area contributed by atoms with Crippen LogP contribution in [0, 0.1) is 0 Å². The molecule has 0 aliphatic carbocycles. The second-order valence-corrected chi connectivity index (χ2v) is 4.42. The van der Waals surface area contributed by atoms with Gasteiger partial charge in [-0.25, -0.2) is 4.98 Å². The van der Waals surface area contributed by atoms with Crippen LogP contribution >= 0.6 is 23.3 Å². The molecule has 0 aliphatic heterocycles. The molecule has 0 bridgehead atoms. The maximum absolute atomic E-state index is 4.36. The van der Waals surface area contributed by atoms with Crippen LogP contribution in [0.3, 0.4) is 0 Å². The molecule has 74 valence electrons. The van der Waals surface area contributed by atoms with Crippen molar-refractivity contribution in [2.24, 2.45) is 0 Å². The third-order valence-electron chi connectivity index (χ3n) is 1.52. The van der Waals surface area contributed by atoms with Crippen molar-refractivity contribution in [3.05, 3.63) is 5.82 Å². The maximum Gasteiger partial charge on any atom is 0.202 e. The van der Waals surface area contributed by atoms with Crippen LogP contribution in [0.5, 0.6) is 0 Å². The minimum atomic E-state index is 0.956. The summed E-state index contributed by atoms with van der Waals surface area (Å²) >= 11 is 3.29. The van der Waals surface area contributed by atoms with E-state index in [-0.39, 0.29) is 0 Å². The van der Waals surface area contributed by atoms with Crippen LogP contribution in [-0.4, -0.2) is 27.9 Å². The topological polar surface area (TPSA) is 37.8 Å². The second kappa shape index (κ2) is 6.21. The molecule has 5 heteroatoms. The molecule has 1 heterocycles. The van der Waals surface area contributed by atoms with Gasteiger partial charge in [0.15, 0.2) is 0 Å². The summed E-state index contributed by atoms with van der Waals surface area (Å²) in [5.74, 6) is 2.09. The van der Waals surface area contributed by atoms with Gasteiger partial charge in [-0.15, -0.1) is 0 Å². The van der Waals surface area contributed by atoms with Gasteiger partial charge in [-0.3, -0.25) is 0 Å². The molecule has 0 saturated heterocycles. The van der Waals surface area contributed by atoms with Gasteiger partial charge in [0.1, 0.15) is 5.82 Å². The molecule has 0 amide bonds. The molecule has 1 aromatic rings. The third kappa shape index (κ3) is 3.95. The predicted molar refractivity (Wildman–Crippen MR) is 60.8 cm³/mol. The van der Waals surface area contributed by atoms with Gasteiger partial charge in [0, 0.05) is 30.3 Å². The smallest absolute Gasteiger partial charge is 0.202 e. The lowest BCUT2D eigenvalue weighted by Crippen LogP contribution is -2.03. The van der Waals surface area contributed by atoms with Gasteiger partial charge in [0.25, 0.3) is 0 Å². The Balaban J connectivity index is 2.31. The van der Waals surface area contributed by atoms with E-state index in [1.807, 2.05) is 11.8 Å². The van der Waals surface area contributed by atoms with E-state index in [1.54, 1.807) is 0 Å². The van der Waals surface area contributed by atoms with E-state index in [2.05, 4.69) is 27.9 Å². The first-order valence-corrected chi connectivity index (χ1v) is 6.59. The molecule has 0 radical (unpaired) electrons. The Labute approximate surface area is 87.5 Å². The summed E-state index contributed by atoms with van der Waals surface area (Å²) in [6.07, 6.45) is 4.20. The van der Waals surface area contributed by atoms with Crippen molar-refractivity contribution in [3.8, 4) is 0 Å². The SMILES string of the molecule is CCCc1nsc(NCCSC)n1. The first-order chi connectivity index (χ1) is 6.36. The summed E-state index contributed by atoms with van der Waals surface area (Å²) in [5.41, 5.74) is 0. The van der Waals surface area contributed by atoms with Crippen LogP contribution in [-0.2, 0) is 6.42 Å². The Kier molecular flexibility index (Phi) is 5.15. The molecule has 0 fully saturated rings. The van der Waals surface area contributed by atoms with Crippen molar-refractivity contribution >= 4 is 28.4 Å². The number of nitrogens with one attached hydrogen (secondary N) is 1. The number of hydrogen-bond donors (Lipinski definition) is 1. The zero-order valence-electron chi connectivity index (χ0n) is 8.04. The highest BCUT2D eigenvalue weighted by Crippen LogP contribution is 2.11. The number of thioether (sulfide) groups is 1. The Morgan fingerprint density at radius 1 is 1.54 bits per heavy atom. The highest BCUT2D eigenvalue weighted by Gasteiger charge is 2.01. The molecule has 1 rings (SSSR count). The molecule has 1 aromatic heterocycles. The summed E-state index contributed by atoms with van der Waals surface area (Å²) in [6.45, 7) is 3.11. The zero-order chi connectivity index (χ0) is 9.52. The van der Waals surface area contributed by atoms with E-state index in [1.165, 1.54) is 11.5 Å². The molecular weight excluding hydrogens is 202 g/mol. The average Bonchev–Trinajstić information content (AvgIpc) is 2.54. The third-order valence-corrected chi connectivity index (χ3v) is 2.85. The zero-order valence-corrected chi connectivity index (χ0v) is 9.67. The molecule has 1 N–H and O–H groups in total. The normalized spacial score (nSPS) is 10.3. The number of nitrogens with zero attached hydrogens (tertiary/aromatic N) is 2. The molecule has 0 unspecified atom stereocenters. The van der Waals surface area contributed by atoms with Crippen LogP contribution < -0.4 is 5.32 Å². The summed E-state index contributed by atoms with van der Waals surface area (Å²) in [4.78, 5) is 4.36. The van der Waals surface area contributed by atoms with Gasteiger partial charge in [-0.05, 0) is 12.7 Å². The van der Waals surface area contributed by atoms with Crippen molar-refractivity contribution in [1.82, 2.24) is 9.36 Å². The van der Waals surface area contributed by atoms with Gasteiger partial charge in [-0.2, -0.15) is 16.1 Å². The van der Waals surface area contributed by atoms with E-state index < -0.39 is 0 Å². The van der Waals surface area contributed by atoms with Crippen LogP contribution in [0.15, 0.2) is 0 Å². The van der Waals surface area contributed by atoms with Crippen LogP contribution in [0.2, 0.25) is 0 Å². The van der Waals surface area contributed by atoms with Crippen molar-refractivity contribution in [2.75, 3.05) is 23.9 Å². The van der Waals surface area contributed by atoms with Crippen LogP contribution in [0.25, 0.3) is 0 Å². The quantitative estimate of drug-likeness (QED) is 0.742. The van der Waals surface area contributed by atoms with Crippen molar-refractivity contribution < 1.29 is 0 Å². The molecular formula is C8H15N3S2. The number of hydrogen-bond acceptors (Lipinski definition) is 5.